The largest absolute Gasteiger partial charge is 0.367 e. The van der Waals surface area contributed by atoms with Crippen LogP contribution in [0.5, 0.6) is 0 Å². The number of nitrogens with one attached hydrogen (secondary N) is 2. The Kier molecular flexibility index (Phi) is 4.41. The molecule has 2 heterocycles. The molecule has 4 rings (SSSR count). The molecule has 6 nitrogen and oxygen atoms in total. The SMILES string of the molecule is C=C1C(=O)Nc2ccc(CC3C=C(NC(O)c4nccn4C)C=CC3)cc21. The lowest BCUT2D eigenvalue weighted by molar-refractivity contribution is -0.110. The standard InChI is InChI=1S/C21H22N4O2/c1-13-17-12-15(6-7-18(17)24-20(13)26)10-14-4-3-5-16(11-14)23-21(27)19-22-8-9-25(19)2/h3,5-9,11-12,14,21,23,27H,1,4,10H2,2H3,(H,24,26). The summed E-state index contributed by atoms with van der Waals surface area (Å²) >= 11 is 0. The highest BCUT2D eigenvalue weighted by molar-refractivity contribution is 6.30. The van der Waals surface area contributed by atoms with Gasteiger partial charge in [-0.25, -0.2) is 4.98 Å². The van der Waals surface area contributed by atoms with Gasteiger partial charge in [0.15, 0.2) is 12.1 Å². The molecule has 2 atom stereocenters. The normalized spacial score (nSPS) is 19.5. The van der Waals surface area contributed by atoms with Crippen LogP contribution in [0, 0.1) is 5.92 Å². The molecule has 1 aromatic heterocycles. The van der Waals surface area contributed by atoms with Crippen LogP contribution in [-0.4, -0.2) is 20.6 Å². The fraction of sp³-hybridized carbons (Fsp3) is 0.238. The molecule has 0 radical (unpaired) electrons. The van der Waals surface area contributed by atoms with Crippen LogP contribution in [0.3, 0.4) is 0 Å². The zero-order chi connectivity index (χ0) is 19.0. The predicted octanol–water partition coefficient (Wildman–Crippen LogP) is 2.67. The van der Waals surface area contributed by atoms with Gasteiger partial charge >= 0.3 is 0 Å². The molecule has 2 aromatic rings. The molecule has 1 amide bonds. The van der Waals surface area contributed by atoms with Gasteiger partial charge in [0.2, 0.25) is 0 Å². The zero-order valence-corrected chi connectivity index (χ0v) is 15.1. The van der Waals surface area contributed by atoms with Crippen molar-refractivity contribution in [3.05, 3.63) is 78.0 Å². The Morgan fingerprint density at radius 2 is 2.33 bits per heavy atom. The highest BCUT2D eigenvalue weighted by Gasteiger charge is 2.23. The lowest BCUT2D eigenvalue weighted by Crippen LogP contribution is -2.24. The summed E-state index contributed by atoms with van der Waals surface area (Å²) in [5.41, 5.74) is 4.27. The second-order valence-electron chi connectivity index (χ2n) is 6.98. The number of benzene rings is 1. The van der Waals surface area contributed by atoms with Gasteiger partial charge in [-0.3, -0.25) is 4.79 Å². The molecule has 6 heteroatoms. The number of aliphatic hydroxyl groups is 1. The quantitative estimate of drug-likeness (QED) is 0.564. The maximum atomic E-state index is 11.7. The molecule has 0 saturated heterocycles. The molecule has 1 aromatic carbocycles. The van der Waals surface area contributed by atoms with Gasteiger partial charge in [-0.05, 0) is 42.5 Å². The fourth-order valence-corrected chi connectivity index (χ4v) is 3.55. The van der Waals surface area contributed by atoms with E-state index in [0.29, 0.717) is 17.3 Å². The van der Waals surface area contributed by atoms with Crippen molar-refractivity contribution in [2.24, 2.45) is 13.0 Å². The number of allylic oxidation sites excluding steroid dienone is 3. The van der Waals surface area contributed by atoms with E-state index >= 15 is 0 Å². The van der Waals surface area contributed by atoms with Gasteiger partial charge in [-0.15, -0.1) is 0 Å². The molecular formula is C21H22N4O2. The molecule has 2 unspecified atom stereocenters. The Bertz CT molecular complexity index is 970. The Hall–Kier alpha value is -3.12. The van der Waals surface area contributed by atoms with Crippen LogP contribution >= 0.6 is 0 Å². The molecule has 1 aliphatic carbocycles. The average Bonchev–Trinajstić information content (AvgIpc) is 3.19. The first-order chi connectivity index (χ1) is 13.0. The first-order valence-corrected chi connectivity index (χ1v) is 8.95. The van der Waals surface area contributed by atoms with E-state index in [0.717, 1.165) is 35.4 Å². The van der Waals surface area contributed by atoms with Crippen LogP contribution in [0.1, 0.15) is 29.6 Å². The van der Waals surface area contributed by atoms with Gasteiger partial charge in [0.05, 0.1) is 0 Å². The summed E-state index contributed by atoms with van der Waals surface area (Å²) in [6.07, 6.45) is 10.6. The summed E-state index contributed by atoms with van der Waals surface area (Å²) < 4.78 is 1.79. The summed E-state index contributed by atoms with van der Waals surface area (Å²) in [5.74, 6) is 0.751. The Balaban J connectivity index is 1.46. The number of nitrogens with zero attached hydrogens (tertiary/aromatic N) is 2. The van der Waals surface area contributed by atoms with E-state index < -0.39 is 6.23 Å². The topological polar surface area (TPSA) is 79.2 Å². The predicted molar refractivity (Wildman–Crippen MR) is 104 cm³/mol. The molecule has 0 fully saturated rings. The molecule has 1 aliphatic heterocycles. The zero-order valence-electron chi connectivity index (χ0n) is 15.1. The smallest absolute Gasteiger partial charge is 0.255 e. The highest BCUT2D eigenvalue weighted by Crippen LogP contribution is 2.32. The van der Waals surface area contributed by atoms with Crippen LogP contribution in [-0.2, 0) is 18.3 Å². The number of amides is 1. The number of imidazole rings is 1. The Labute approximate surface area is 157 Å². The Morgan fingerprint density at radius 3 is 3.11 bits per heavy atom. The molecule has 3 N–H and O–H groups in total. The summed E-state index contributed by atoms with van der Waals surface area (Å²) in [4.78, 5) is 15.9. The van der Waals surface area contributed by atoms with Gasteiger partial charge in [0, 0.05) is 42.0 Å². The number of aliphatic hydroxyl groups excluding tert-OH is 1. The highest BCUT2D eigenvalue weighted by atomic mass is 16.3. The second-order valence-corrected chi connectivity index (χ2v) is 6.98. The number of hydrogen-bond acceptors (Lipinski definition) is 4. The number of anilines is 1. The monoisotopic (exact) mass is 362 g/mol. The molecule has 0 saturated carbocycles. The summed E-state index contributed by atoms with van der Waals surface area (Å²) in [6, 6.07) is 6.02. The lowest BCUT2D eigenvalue weighted by Gasteiger charge is -2.21. The third-order valence-electron chi connectivity index (χ3n) is 4.99. The average molecular weight is 362 g/mol. The van der Waals surface area contributed by atoms with Crippen molar-refractivity contribution in [3.63, 3.8) is 0 Å². The van der Waals surface area contributed by atoms with Crippen molar-refractivity contribution in [2.75, 3.05) is 5.32 Å². The minimum absolute atomic E-state index is 0.127. The van der Waals surface area contributed by atoms with Gasteiger partial charge in [0.1, 0.15) is 0 Å². The van der Waals surface area contributed by atoms with Crippen LogP contribution in [0.15, 0.2) is 61.1 Å². The number of carbonyl (C=O) groups excluding carboxylic acids is 1. The van der Waals surface area contributed by atoms with E-state index in [-0.39, 0.29) is 5.91 Å². The third kappa shape index (κ3) is 3.44. The van der Waals surface area contributed by atoms with Gasteiger partial charge < -0.3 is 20.3 Å². The van der Waals surface area contributed by atoms with Crippen molar-refractivity contribution < 1.29 is 9.90 Å². The van der Waals surface area contributed by atoms with Crippen molar-refractivity contribution in [3.8, 4) is 0 Å². The minimum atomic E-state index is -0.861. The van der Waals surface area contributed by atoms with E-state index in [1.54, 1.807) is 17.0 Å². The first-order valence-electron chi connectivity index (χ1n) is 8.95. The first kappa shape index (κ1) is 17.3. The third-order valence-corrected chi connectivity index (χ3v) is 4.99. The van der Waals surface area contributed by atoms with E-state index in [4.69, 9.17) is 0 Å². The van der Waals surface area contributed by atoms with Crippen LogP contribution in [0.2, 0.25) is 0 Å². The summed E-state index contributed by atoms with van der Waals surface area (Å²) in [5, 5.41) is 16.3. The molecule has 0 bridgehead atoms. The molecule has 27 heavy (non-hydrogen) atoms. The summed E-state index contributed by atoms with van der Waals surface area (Å²) in [6.45, 7) is 3.86. The number of carbonyl (C=O) groups is 1. The molecule has 138 valence electrons. The summed E-state index contributed by atoms with van der Waals surface area (Å²) in [7, 11) is 1.85. The molecule has 0 spiro atoms. The number of rotatable bonds is 5. The van der Waals surface area contributed by atoms with Gasteiger partial charge in [0.25, 0.3) is 5.91 Å². The van der Waals surface area contributed by atoms with Crippen molar-refractivity contribution >= 4 is 17.2 Å². The van der Waals surface area contributed by atoms with E-state index in [1.807, 2.05) is 31.3 Å². The van der Waals surface area contributed by atoms with Gasteiger partial charge in [-0.1, -0.05) is 24.8 Å². The van der Waals surface area contributed by atoms with Crippen LogP contribution in [0.4, 0.5) is 5.69 Å². The molecular weight excluding hydrogens is 340 g/mol. The minimum Gasteiger partial charge on any atom is -0.367 e. The van der Waals surface area contributed by atoms with Crippen LogP contribution in [0.25, 0.3) is 5.57 Å². The van der Waals surface area contributed by atoms with Crippen molar-refractivity contribution in [1.82, 2.24) is 14.9 Å². The maximum Gasteiger partial charge on any atom is 0.255 e. The van der Waals surface area contributed by atoms with Crippen molar-refractivity contribution in [2.45, 2.75) is 19.1 Å². The van der Waals surface area contributed by atoms with Crippen molar-refractivity contribution in [1.29, 1.82) is 0 Å². The number of fused-ring (bicyclic) bond motifs is 1. The van der Waals surface area contributed by atoms with E-state index in [1.165, 1.54) is 0 Å². The number of aromatic nitrogens is 2. The lowest BCUT2D eigenvalue weighted by atomic mass is 9.91. The second kappa shape index (κ2) is 6.89. The van der Waals surface area contributed by atoms with Crippen LogP contribution < -0.4 is 10.6 Å². The maximum absolute atomic E-state index is 11.7. The fourth-order valence-electron chi connectivity index (χ4n) is 3.55. The van der Waals surface area contributed by atoms with E-state index in [9.17, 15) is 9.90 Å². The molecule has 2 aliphatic rings. The Morgan fingerprint density at radius 1 is 1.48 bits per heavy atom. The number of aryl methyl sites for hydroxylation is 1. The van der Waals surface area contributed by atoms with Gasteiger partial charge in [-0.2, -0.15) is 0 Å². The van der Waals surface area contributed by atoms with E-state index in [2.05, 4.69) is 34.3 Å². The number of hydrogen-bond donors (Lipinski definition) is 3.